The SMILES string of the molecule is Cc1nc(Sc2ccc(C=O)cc2C(F)(F)F)oc1C. The minimum atomic E-state index is -4.54. The molecule has 1 heterocycles. The van der Waals surface area contributed by atoms with Crippen LogP contribution < -0.4 is 0 Å². The van der Waals surface area contributed by atoms with E-state index in [2.05, 4.69) is 4.98 Å². The first kappa shape index (κ1) is 14.6. The van der Waals surface area contributed by atoms with Gasteiger partial charge in [-0.3, -0.25) is 4.79 Å². The van der Waals surface area contributed by atoms with Crippen LogP contribution in [0.1, 0.15) is 27.4 Å². The number of benzene rings is 1. The van der Waals surface area contributed by atoms with Gasteiger partial charge in [-0.15, -0.1) is 0 Å². The third-order valence-electron chi connectivity index (χ3n) is 2.65. The number of rotatable bonds is 3. The first-order valence-corrected chi connectivity index (χ1v) is 6.41. The summed E-state index contributed by atoms with van der Waals surface area (Å²) in [5.41, 5.74) is -0.271. The highest BCUT2D eigenvalue weighted by Crippen LogP contribution is 2.39. The van der Waals surface area contributed by atoms with Gasteiger partial charge in [-0.2, -0.15) is 13.2 Å². The van der Waals surface area contributed by atoms with E-state index in [-0.39, 0.29) is 15.7 Å². The van der Waals surface area contributed by atoms with Crippen molar-refractivity contribution < 1.29 is 22.4 Å². The van der Waals surface area contributed by atoms with Crippen LogP contribution in [0.3, 0.4) is 0 Å². The zero-order valence-electron chi connectivity index (χ0n) is 10.6. The van der Waals surface area contributed by atoms with Crippen molar-refractivity contribution in [3.05, 3.63) is 40.8 Å². The predicted octanol–water partition coefficient (Wildman–Crippen LogP) is 4.27. The van der Waals surface area contributed by atoms with E-state index in [9.17, 15) is 18.0 Å². The Morgan fingerprint density at radius 2 is 2.00 bits per heavy atom. The molecule has 0 radical (unpaired) electrons. The van der Waals surface area contributed by atoms with Crippen molar-refractivity contribution in [3.8, 4) is 0 Å². The molecular formula is C13H10F3NO2S. The highest BCUT2D eigenvalue weighted by atomic mass is 32.2. The number of carbonyl (C=O) groups excluding carboxylic acids is 1. The van der Waals surface area contributed by atoms with Gasteiger partial charge < -0.3 is 4.42 Å². The fraction of sp³-hybridized carbons (Fsp3) is 0.231. The molecular weight excluding hydrogens is 291 g/mol. The number of carbonyl (C=O) groups is 1. The first-order valence-electron chi connectivity index (χ1n) is 5.59. The summed E-state index contributed by atoms with van der Waals surface area (Å²) < 4.78 is 44.2. The molecule has 0 fully saturated rings. The second-order valence-corrected chi connectivity index (χ2v) is 5.09. The molecule has 2 aromatic rings. The summed E-state index contributed by atoms with van der Waals surface area (Å²) in [6.45, 7) is 3.40. The number of hydrogen-bond acceptors (Lipinski definition) is 4. The lowest BCUT2D eigenvalue weighted by Gasteiger charge is -2.11. The van der Waals surface area contributed by atoms with Crippen molar-refractivity contribution in [2.75, 3.05) is 0 Å². The molecule has 1 aromatic carbocycles. The Bertz CT molecular complexity index is 630. The van der Waals surface area contributed by atoms with E-state index < -0.39 is 11.7 Å². The molecule has 0 saturated heterocycles. The molecule has 0 aliphatic heterocycles. The molecule has 0 amide bonds. The molecule has 0 N–H and O–H groups in total. The topological polar surface area (TPSA) is 43.1 Å². The summed E-state index contributed by atoms with van der Waals surface area (Å²) in [6.07, 6.45) is -4.17. The van der Waals surface area contributed by atoms with Crippen LogP contribution in [0.2, 0.25) is 0 Å². The minimum absolute atomic E-state index is 0.0264. The molecule has 1 aromatic heterocycles. The third-order valence-corrected chi connectivity index (χ3v) is 3.58. The molecule has 2 rings (SSSR count). The van der Waals surface area contributed by atoms with Crippen molar-refractivity contribution >= 4 is 18.0 Å². The number of hydrogen-bond donors (Lipinski definition) is 0. The molecule has 106 valence electrons. The number of oxazole rings is 1. The standard InChI is InChI=1S/C13H10F3NO2S/c1-7-8(2)19-12(17-7)20-11-4-3-9(6-18)5-10(11)13(14,15)16/h3-6H,1-2H3. The van der Waals surface area contributed by atoms with Crippen molar-refractivity contribution in [1.82, 2.24) is 4.98 Å². The maximum Gasteiger partial charge on any atom is 0.417 e. The second kappa shape index (κ2) is 5.32. The lowest BCUT2D eigenvalue weighted by Crippen LogP contribution is -2.07. The van der Waals surface area contributed by atoms with Gasteiger partial charge in [0.25, 0.3) is 5.22 Å². The van der Waals surface area contributed by atoms with Gasteiger partial charge in [0.05, 0.1) is 11.3 Å². The number of nitrogens with zero attached hydrogens (tertiary/aromatic N) is 1. The summed E-state index contributed by atoms with van der Waals surface area (Å²) in [4.78, 5) is 14.6. The average Bonchev–Trinajstić information content (AvgIpc) is 2.67. The van der Waals surface area contributed by atoms with Gasteiger partial charge in [-0.05, 0) is 37.7 Å². The van der Waals surface area contributed by atoms with Gasteiger partial charge in [0, 0.05) is 10.5 Å². The van der Waals surface area contributed by atoms with Crippen molar-refractivity contribution in [3.63, 3.8) is 0 Å². The van der Waals surface area contributed by atoms with E-state index in [4.69, 9.17) is 4.42 Å². The lowest BCUT2D eigenvalue weighted by atomic mass is 10.1. The second-order valence-electron chi connectivity index (χ2n) is 4.09. The Labute approximate surface area is 117 Å². The summed E-state index contributed by atoms with van der Waals surface area (Å²) in [5.74, 6) is 0.561. The van der Waals surface area contributed by atoms with Crippen molar-refractivity contribution in [2.45, 2.75) is 30.1 Å². The minimum Gasteiger partial charge on any atom is -0.436 e. The molecule has 7 heteroatoms. The quantitative estimate of drug-likeness (QED) is 0.794. The van der Waals surface area contributed by atoms with E-state index in [1.54, 1.807) is 13.8 Å². The molecule has 0 aliphatic carbocycles. The predicted molar refractivity (Wildman–Crippen MR) is 66.9 cm³/mol. The Hall–Kier alpha value is -1.76. The van der Waals surface area contributed by atoms with E-state index in [1.165, 1.54) is 12.1 Å². The fourth-order valence-corrected chi connectivity index (χ4v) is 2.47. The number of aromatic nitrogens is 1. The van der Waals surface area contributed by atoms with Gasteiger partial charge in [-0.1, -0.05) is 6.07 Å². The molecule has 0 aliphatic rings. The zero-order chi connectivity index (χ0) is 14.9. The van der Waals surface area contributed by atoms with Crippen LogP contribution in [0.5, 0.6) is 0 Å². The summed E-state index contributed by atoms with van der Waals surface area (Å²) >= 11 is 0.782. The third kappa shape index (κ3) is 3.04. The van der Waals surface area contributed by atoms with Crippen LogP contribution in [0.25, 0.3) is 0 Å². The zero-order valence-corrected chi connectivity index (χ0v) is 11.4. The highest BCUT2D eigenvalue weighted by Gasteiger charge is 2.34. The van der Waals surface area contributed by atoms with Crippen LogP contribution in [-0.4, -0.2) is 11.3 Å². The molecule has 0 spiro atoms. The van der Waals surface area contributed by atoms with E-state index in [0.29, 0.717) is 17.7 Å². The van der Waals surface area contributed by atoms with Gasteiger partial charge in [-0.25, -0.2) is 4.98 Å². The van der Waals surface area contributed by atoms with Crippen molar-refractivity contribution in [1.29, 1.82) is 0 Å². The summed E-state index contributed by atoms with van der Waals surface area (Å²) in [5, 5.41) is 0.143. The normalized spacial score (nSPS) is 11.7. The molecule has 0 bridgehead atoms. The van der Waals surface area contributed by atoms with Crippen LogP contribution >= 0.6 is 11.8 Å². The Kier molecular flexibility index (Phi) is 3.89. The highest BCUT2D eigenvalue weighted by molar-refractivity contribution is 7.99. The van der Waals surface area contributed by atoms with E-state index in [0.717, 1.165) is 17.8 Å². The monoisotopic (exact) mass is 301 g/mol. The molecule has 3 nitrogen and oxygen atoms in total. The van der Waals surface area contributed by atoms with Crippen LogP contribution in [0.15, 0.2) is 32.7 Å². The average molecular weight is 301 g/mol. The number of halogens is 3. The largest absolute Gasteiger partial charge is 0.436 e. The molecule has 20 heavy (non-hydrogen) atoms. The van der Waals surface area contributed by atoms with Gasteiger partial charge in [0.15, 0.2) is 0 Å². The number of aldehydes is 1. The number of alkyl halides is 3. The van der Waals surface area contributed by atoms with Gasteiger partial charge in [0.1, 0.15) is 12.0 Å². The van der Waals surface area contributed by atoms with Gasteiger partial charge in [0.2, 0.25) is 0 Å². The molecule has 0 atom stereocenters. The van der Waals surface area contributed by atoms with Crippen molar-refractivity contribution in [2.24, 2.45) is 0 Å². The summed E-state index contributed by atoms with van der Waals surface area (Å²) in [7, 11) is 0. The Morgan fingerprint density at radius 3 is 2.50 bits per heavy atom. The number of aryl methyl sites for hydroxylation is 2. The maximum absolute atomic E-state index is 13.0. The summed E-state index contributed by atoms with van der Waals surface area (Å²) in [6, 6.07) is 3.39. The molecule has 0 unspecified atom stereocenters. The first-order chi connectivity index (χ1) is 9.31. The van der Waals surface area contributed by atoms with Crippen LogP contribution in [0, 0.1) is 13.8 Å². The van der Waals surface area contributed by atoms with Gasteiger partial charge >= 0.3 is 6.18 Å². The van der Waals surface area contributed by atoms with Crippen LogP contribution in [-0.2, 0) is 6.18 Å². The Balaban J connectivity index is 2.43. The van der Waals surface area contributed by atoms with E-state index >= 15 is 0 Å². The smallest absolute Gasteiger partial charge is 0.417 e. The lowest BCUT2D eigenvalue weighted by molar-refractivity contribution is -0.139. The fourth-order valence-electron chi connectivity index (χ4n) is 1.51. The maximum atomic E-state index is 13.0. The van der Waals surface area contributed by atoms with E-state index in [1.807, 2.05) is 0 Å². The Morgan fingerprint density at radius 1 is 1.30 bits per heavy atom. The molecule has 0 saturated carbocycles. The van der Waals surface area contributed by atoms with Crippen LogP contribution in [0.4, 0.5) is 13.2 Å².